The van der Waals surface area contributed by atoms with Crippen molar-refractivity contribution in [3.8, 4) is 0 Å². The quantitative estimate of drug-likeness (QED) is 0.767. The molecule has 0 atom stereocenters. The van der Waals surface area contributed by atoms with Gasteiger partial charge in [-0.1, -0.05) is 25.1 Å². The van der Waals surface area contributed by atoms with Crippen LogP contribution >= 0.6 is 0 Å². The van der Waals surface area contributed by atoms with Crippen molar-refractivity contribution >= 4 is 0 Å². The normalized spacial score (nSPS) is 15.9. The van der Waals surface area contributed by atoms with Gasteiger partial charge in [0.2, 0.25) is 0 Å². The molecule has 1 saturated carbocycles. The molecule has 0 aromatic heterocycles. The number of hydrogen-bond donors (Lipinski definition) is 1. The Hall–Kier alpha value is -0.820. The first-order chi connectivity index (χ1) is 6.81. The summed E-state index contributed by atoms with van der Waals surface area (Å²) in [6.07, 6.45) is 2.79. The van der Waals surface area contributed by atoms with E-state index < -0.39 is 0 Å². The zero-order chi connectivity index (χ0) is 9.97. The molecule has 0 heterocycles. The molecule has 0 unspecified atom stereocenters. The first-order valence-corrected chi connectivity index (χ1v) is 5.61. The maximum atomic E-state index is 3.39. The van der Waals surface area contributed by atoms with Crippen molar-refractivity contribution < 1.29 is 0 Å². The van der Waals surface area contributed by atoms with Gasteiger partial charge in [-0.05, 0) is 48.9 Å². The number of hydrogen-bond acceptors (Lipinski definition) is 1. The van der Waals surface area contributed by atoms with Gasteiger partial charge in [0, 0.05) is 6.54 Å². The summed E-state index contributed by atoms with van der Waals surface area (Å²) in [6, 6.07) is 6.94. The molecule has 1 fully saturated rings. The van der Waals surface area contributed by atoms with Crippen molar-refractivity contribution in [1.29, 1.82) is 0 Å². The Morgan fingerprint density at radius 2 is 2.14 bits per heavy atom. The summed E-state index contributed by atoms with van der Waals surface area (Å²) in [7, 11) is 0. The van der Waals surface area contributed by atoms with Gasteiger partial charge in [0.15, 0.2) is 0 Å². The Morgan fingerprint density at radius 1 is 1.36 bits per heavy atom. The average molecular weight is 189 g/mol. The molecular formula is C13H19N. The molecule has 1 aliphatic rings. The predicted molar refractivity (Wildman–Crippen MR) is 60.5 cm³/mol. The van der Waals surface area contributed by atoms with Crippen LogP contribution in [-0.2, 0) is 6.54 Å². The van der Waals surface area contributed by atoms with Crippen LogP contribution in [0.4, 0.5) is 0 Å². The number of benzene rings is 1. The number of nitrogens with one attached hydrogen (secondary N) is 1. The Morgan fingerprint density at radius 3 is 2.79 bits per heavy atom. The van der Waals surface area contributed by atoms with Crippen LogP contribution in [0.25, 0.3) is 0 Å². The minimum atomic E-state index is 0.871. The highest BCUT2D eigenvalue weighted by atomic mass is 14.8. The van der Waals surface area contributed by atoms with Crippen LogP contribution < -0.4 is 5.32 Å². The fraction of sp³-hybridized carbons (Fsp3) is 0.538. The van der Waals surface area contributed by atoms with Crippen molar-refractivity contribution in [2.75, 3.05) is 6.54 Å². The lowest BCUT2D eigenvalue weighted by Crippen LogP contribution is -2.12. The Balaban J connectivity index is 2.14. The molecule has 1 aliphatic carbocycles. The summed E-state index contributed by atoms with van der Waals surface area (Å²) < 4.78 is 0. The first kappa shape index (κ1) is 9.72. The van der Waals surface area contributed by atoms with E-state index in [1.165, 1.54) is 24.0 Å². The molecular weight excluding hydrogens is 170 g/mol. The minimum Gasteiger partial charge on any atom is -0.313 e. The predicted octanol–water partition coefficient (Wildman–Crippen LogP) is 2.98. The second-order valence-corrected chi connectivity index (χ2v) is 4.24. The zero-order valence-corrected chi connectivity index (χ0v) is 9.14. The second-order valence-electron chi connectivity index (χ2n) is 4.24. The molecule has 2 rings (SSSR count). The molecule has 1 N–H and O–H groups in total. The molecule has 0 spiro atoms. The monoisotopic (exact) mass is 189 g/mol. The zero-order valence-electron chi connectivity index (χ0n) is 9.14. The molecule has 0 aliphatic heterocycles. The second kappa shape index (κ2) is 4.14. The van der Waals surface area contributed by atoms with Crippen molar-refractivity contribution in [3.05, 3.63) is 34.9 Å². The molecule has 1 heteroatoms. The minimum absolute atomic E-state index is 0.871. The lowest BCUT2D eigenvalue weighted by Gasteiger charge is -2.08. The van der Waals surface area contributed by atoms with Gasteiger partial charge in [0.05, 0.1) is 0 Å². The van der Waals surface area contributed by atoms with E-state index in [4.69, 9.17) is 0 Å². The highest BCUT2D eigenvalue weighted by molar-refractivity contribution is 5.34. The third kappa shape index (κ3) is 2.16. The van der Waals surface area contributed by atoms with Crippen LogP contribution in [0.2, 0.25) is 0 Å². The van der Waals surface area contributed by atoms with E-state index in [2.05, 4.69) is 37.4 Å². The lowest BCUT2D eigenvalue weighted by molar-refractivity contribution is 0.722. The molecule has 1 nitrogen and oxygen atoms in total. The summed E-state index contributed by atoms with van der Waals surface area (Å²) in [6.45, 7) is 6.42. The highest BCUT2D eigenvalue weighted by Gasteiger charge is 2.23. The average Bonchev–Trinajstić information content (AvgIpc) is 3.00. The fourth-order valence-electron chi connectivity index (χ4n) is 1.81. The molecule has 0 saturated heterocycles. The van der Waals surface area contributed by atoms with E-state index in [1.807, 2.05) is 0 Å². The third-order valence-corrected chi connectivity index (χ3v) is 2.99. The summed E-state index contributed by atoms with van der Waals surface area (Å²) >= 11 is 0. The van der Waals surface area contributed by atoms with Gasteiger partial charge >= 0.3 is 0 Å². The van der Waals surface area contributed by atoms with Crippen LogP contribution in [0.15, 0.2) is 18.2 Å². The molecule has 76 valence electrons. The van der Waals surface area contributed by atoms with Gasteiger partial charge in [-0.3, -0.25) is 0 Å². The molecule has 0 amide bonds. The number of rotatable bonds is 4. The van der Waals surface area contributed by atoms with E-state index >= 15 is 0 Å². The van der Waals surface area contributed by atoms with Crippen molar-refractivity contribution in [3.63, 3.8) is 0 Å². The van der Waals surface area contributed by atoms with E-state index in [-0.39, 0.29) is 0 Å². The lowest BCUT2D eigenvalue weighted by atomic mass is 10.0. The van der Waals surface area contributed by atoms with Crippen molar-refractivity contribution in [2.45, 2.75) is 39.2 Å². The smallest absolute Gasteiger partial charge is 0.0208 e. The van der Waals surface area contributed by atoms with Crippen LogP contribution in [-0.4, -0.2) is 6.54 Å². The Kier molecular flexibility index (Phi) is 2.87. The first-order valence-electron chi connectivity index (χ1n) is 5.61. The van der Waals surface area contributed by atoms with E-state index in [1.54, 1.807) is 5.56 Å². The van der Waals surface area contributed by atoms with Crippen LogP contribution in [0.5, 0.6) is 0 Å². The molecule has 14 heavy (non-hydrogen) atoms. The van der Waals surface area contributed by atoms with Crippen molar-refractivity contribution in [1.82, 2.24) is 5.32 Å². The largest absolute Gasteiger partial charge is 0.313 e. The van der Waals surface area contributed by atoms with Crippen LogP contribution in [0.3, 0.4) is 0 Å². The molecule has 1 aromatic rings. The van der Waals surface area contributed by atoms with Crippen LogP contribution in [0, 0.1) is 6.92 Å². The van der Waals surface area contributed by atoms with Gasteiger partial charge in [-0.25, -0.2) is 0 Å². The third-order valence-electron chi connectivity index (χ3n) is 2.99. The summed E-state index contributed by atoms with van der Waals surface area (Å²) in [5.74, 6) is 0.871. The fourth-order valence-corrected chi connectivity index (χ4v) is 1.81. The maximum absolute atomic E-state index is 3.39. The molecule has 1 aromatic carbocycles. The van der Waals surface area contributed by atoms with Gasteiger partial charge in [-0.2, -0.15) is 0 Å². The van der Waals surface area contributed by atoms with Gasteiger partial charge in [0.25, 0.3) is 0 Å². The summed E-state index contributed by atoms with van der Waals surface area (Å²) in [5.41, 5.74) is 4.43. The summed E-state index contributed by atoms with van der Waals surface area (Å²) in [4.78, 5) is 0. The van der Waals surface area contributed by atoms with E-state index in [0.29, 0.717) is 0 Å². The van der Waals surface area contributed by atoms with Gasteiger partial charge in [0.1, 0.15) is 0 Å². The molecule has 0 bridgehead atoms. The van der Waals surface area contributed by atoms with Crippen LogP contribution in [0.1, 0.15) is 42.4 Å². The standard InChI is InChI=1S/C13H19N/c1-3-14-9-13-8-12(11-6-7-11)5-4-10(13)2/h4-5,8,11,14H,3,6-7,9H2,1-2H3. The highest BCUT2D eigenvalue weighted by Crippen LogP contribution is 2.40. The SMILES string of the molecule is CCNCc1cc(C2CC2)ccc1C. The molecule has 0 radical (unpaired) electrons. The maximum Gasteiger partial charge on any atom is 0.0208 e. The summed E-state index contributed by atoms with van der Waals surface area (Å²) in [5, 5.41) is 3.39. The number of aryl methyl sites for hydroxylation is 1. The Labute approximate surface area is 86.5 Å². The van der Waals surface area contributed by atoms with E-state index in [0.717, 1.165) is 19.0 Å². The van der Waals surface area contributed by atoms with Gasteiger partial charge in [-0.15, -0.1) is 0 Å². The van der Waals surface area contributed by atoms with Crippen molar-refractivity contribution in [2.24, 2.45) is 0 Å². The van der Waals surface area contributed by atoms with Gasteiger partial charge < -0.3 is 5.32 Å². The topological polar surface area (TPSA) is 12.0 Å². The van der Waals surface area contributed by atoms with E-state index in [9.17, 15) is 0 Å². The Bertz CT molecular complexity index is 313.